The Kier molecular flexibility index (Phi) is 6.97. The summed E-state index contributed by atoms with van der Waals surface area (Å²) < 4.78 is 0. The summed E-state index contributed by atoms with van der Waals surface area (Å²) in [5.74, 6) is -0.433. The Hall–Kier alpha value is -3.03. The first kappa shape index (κ1) is 22.2. The van der Waals surface area contributed by atoms with Gasteiger partial charge in [-0.2, -0.15) is 0 Å². The maximum Gasteiger partial charge on any atom is 0.293 e. The third kappa shape index (κ3) is 5.23. The number of halogens is 1. The highest BCUT2D eigenvalue weighted by Gasteiger charge is 2.34. The fourth-order valence-corrected chi connectivity index (χ4v) is 4.57. The van der Waals surface area contributed by atoms with Crippen LogP contribution in [0.15, 0.2) is 59.6 Å². The second-order valence-corrected chi connectivity index (χ2v) is 8.88. The van der Waals surface area contributed by atoms with Crippen LogP contribution in [0, 0.1) is 0 Å². The van der Waals surface area contributed by atoms with Crippen LogP contribution in [0.4, 0.5) is 4.79 Å². The van der Waals surface area contributed by atoms with Crippen LogP contribution in [0.3, 0.4) is 0 Å². The second-order valence-electron chi connectivity index (χ2n) is 7.45. The van der Waals surface area contributed by atoms with Crippen molar-refractivity contribution in [1.82, 2.24) is 15.2 Å². The van der Waals surface area contributed by atoms with Gasteiger partial charge in [0.2, 0.25) is 5.91 Å². The van der Waals surface area contributed by atoms with E-state index in [1.54, 1.807) is 30.3 Å². The van der Waals surface area contributed by atoms with E-state index in [4.69, 9.17) is 11.6 Å². The monoisotopic (exact) mass is 467 g/mol. The van der Waals surface area contributed by atoms with Crippen molar-refractivity contribution in [2.45, 2.75) is 19.3 Å². The number of nitrogens with one attached hydrogen (secondary N) is 2. The summed E-state index contributed by atoms with van der Waals surface area (Å²) >= 11 is 6.78. The van der Waals surface area contributed by atoms with Crippen molar-refractivity contribution in [2.24, 2.45) is 0 Å². The average molecular weight is 468 g/mol. The van der Waals surface area contributed by atoms with Crippen molar-refractivity contribution in [3.63, 3.8) is 0 Å². The van der Waals surface area contributed by atoms with E-state index in [2.05, 4.69) is 16.4 Å². The third-order valence-electron chi connectivity index (χ3n) is 5.22. The Morgan fingerprint density at radius 1 is 1.12 bits per heavy atom. The Morgan fingerprint density at radius 2 is 1.91 bits per heavy atom. The molecule has 0 radical (unpaired) electrons. The minimum atomic E-state index is -0.344. The number of rotatable bonds is 8. The molecule has 1 saturated heterocycles. The quantitative estimate of drug-likeness (QED) is 0.457. The van der Waals surface area contributed by atoms with Gasteiger partial charge in [0.15, 0.2) is 0 Å². The smallest absolute Gasteiger partial charge is 0.293 e. The first-order valence-electron chi connectivity index (χ1n) is 10.3. The summed E-state index contributed by atoms with van der Waals surface area (Å²) in [5.41, 5.74) is 3.08. The molecule has 32 heavy (non-hydrogen) atoms. The van der Waals surface area contributed by atoms with Crippen LogP contribution in [-0.4, -0.2) is 40.0 Å². The number of carbonyl (C=O) groups excluding carboxylic acids is 3. The number of para-hydroxylation sites is 1. The third-order valence-corrected chi connectivity index (χ3v) is 6.38. The van der Waals surface area contributed by atoms with E-state index in [0.717, 1.165) is 35.7 Å². The molecule has 2 heterocycles. The molecule has 8 heteroatoms. The Labute approximate surface area is 195 Å². The molecule has 3 aromatic rings. The number of nitrogens with zero attached hydrogens (tertiary/aromatic N) is 1. The maximum absolute atomic E-state index is 12.5. The van der Waals surface area contributed by atoms with E-state index in [1.165, 1.54) is 15.8 Å². The molecular weight excluding hydrogens is 446 g/mol. The van der Waals surface area contributed by atoms with Gasteiger partial charge in [-0.25, -0.2) is 0 Å². The summed E-state index contributed by atoms with van der Waals surface area (Å²) in [7, 11) is 0. The SMILES string of the molecule is O=C(CCCc1c[nH]c2ccccc12)NCCN1C(=O)S/C(=C/c2ccc(Cl)cc2)C1=O. The van der Waals surface area contributed by atoms with Crippen LogP contribution >= 0.6 is 23.4 Å². The lowest BCUT2D eigenvalue weighted by Gasteiger charge is -2.13. The minimum absolute atomic E-state index is 0.0893. The summed E-state index contributed by atoms with van der Waals surface area (Å²) in [6.45, 7) is 0.384. The molecule has 0 bridgehead atoms. The second kappa shape index (κ2) is 10.1. The van der Waals surface area contributed by atoms with Gasteiger partial charge in [0.1, 0.15) is 0 Å². The molecule has 0 aliphatic carbocycles. The minimum Gasteiger partial charge on any atom is -0.361 e. The number of carbonyl (C=O) groups is 3. The molecule has 6 nitrogen and oxygen atoms in total. The van der Waals surface area contributed by atoms with Crippen molar-refractivity contribution < 1.29 is 14.4 Å². The van der Waals surface area contributed by atoms with E-state index in [-0.39, 0.29) is 30.1 Å². The summed E-state index contributed by atoms with van der Waals surface area (Å²) in [5, 5.41) is 4.26. The van der Waals surface area contributed by atoms with E-state index >= 15 is 0 Å². The van der Waals surface area contributed by atoms with Crippen LogP contribution in [0.5, 0.6) is 0 Å². The van der Waals surface area contributed by atoms with Gasteiger partial charge in [-0.05, 0) is 60.0 Å². The lowest BCUT2D eigenvalue weighted by atomic mass is 10.1. The van der Waals surface area contributed by atoms with Gasteiger partial charge in [-0.15, -0.1) is 0 Å². The van der Waals surface area contributed by atoms with Crippen LogP contribution < -0.4 is 5.32 Å². The molecule has 0 saturated carbocycles. The summed E-state index contributed by atoms with van der Waals surface area (Å²) in [6.07, 6.45) is 5.57. The number of aromatic amines is 1. The first-order chi connectivity index (χ1) is 15.5. The molecule has 0 atom stereocenters. The summed E-state index contributed by atoms with van der Waals surface area (Å²) in [4.78, 5) is 41.7. The predicted molar refractivity (Wildman–Crippen MR) is 128 cm³/mol. The lowest BCUT2D eigenvalue weighted by Crippen LogP contribution is -2.37. The number of thioether (sulfide) groups is 1. The van der Waals surface area contributed by atoms with Crippen LogP contribution in [0.1, 0.15) is 24.0 Å². The number of amides is 3. The largest absolute Gasteiger partial charge is 0.361 e. The van der Waals surface area contributed by atoms with Crippen molar-refractivity contribution in [1.29, 1.82) is 0 Å². The molecule has 0 spiro atoms. The van der Waals surface area contributed by atoms with E-state index in [1.807, 2.05) is 24.4 Å². The van der Waals surface area contributed by atoms with Crippen LogP contribution in [0.2, 0.25) is 5.02 Å². The van der Waals surface area contributed by atoms with Gasteiger partial charge in [0, 0.05) is 41.6 Å². The highest BCUT2D eigenvalue weighted by Crippen LogP contribution is 2.32. The van der Waals surface area contributed by atoms with Gasteiger partial charge < -0.3 is 10.3 Å². The molecule has 1 fully saturated rings. The lowest BCUT2D eigenvalue weighted by molar-refractivity contribution is -0.124. The normalized spacial score (nSPS) is 15.2. The first-order valence-corrected chi connectivity index (χ1v) is 11.5. The van der Waals surface area contributed by atoms with Crippen LogP contribution in [0.25, 0.3) is 17.0 Å². The number of benzene rings is 2. The number of hydrogen-bond acceptors (Lipinski definition) is 4. The van der Waals surface area contributed by atoms with Gasteiger partial charge in [0.25, 0.3) is 11.1 Å². The van der Waals surface area contributed by atoms with Gasteiger partial charge in [-0.1, -0.05) is 41.9 Å². The zero-order valence-corrected chi connectivity index (χ0v) is 18.8. The molecular formula is C24H22ClN3O3S. The standard InChI is InChI=1S/C24H22ClN3O3S/c25-18-10-8-16(9-11-18)14-21-23(30)28(24(31)32-21)13-12-26-22(29)7-3-4-17-15-27-20-6-2-1-5-19(17)20/h1-2,5-6,8-11,14-15,27H,3-4,7,12-13H2,(H,26,29)/b21-14+. The number of aryl methyl sites for hydroxylation is 1. The number of fused-ring (bicyclic) bond motifs is 1. The van der Waals surface area contributed by atoms with Crippen molar-refractivity contribution in [3.8, 4) is 0 Å². The van der Waals surface area contributed by atoms with Crippen molar-refractivity contribution in [3.05, 3.63) is 75.8 Å². The van der Waals surface area contributed by atoms with E-state index in [9.17, 15) is 14.4 Å². The van der Waals surface area contributed by atoms with E-state index in [0.29, 0.717) is 16.3 Å². The zero-order valence-electron chi connectivity index (χ0n) is 17.3. The predicted octanol–water partition coefficient (Wildman–Crippen LogP) is 5.00. The Balaban J connectivity index is 1.22. The topological polar surface area (TPSA) is 82.3 Å². The molecule has 1 aliphatic rings. The number of H-pyrrole nitrogens is 1. The fraction of sp³-hybridized carbons (Fsp3) is 0.208. The molecule has 164 valence electrons. The molecule has 1 aromatic heterocycles. The molecule has 4 rings (SSSR count). The van der Waals surface area contributed by atoms with Gasteiger partial charge >= 0.3 is 0 Å². The van der Waals surface area contributed by atoms with Crippen molar-refractivity contribution >= 4 is 57.4 Å². The number of hydrogen-bond donors (Lipinski definition) is 2. The molecule has 3 amide bonds. The van der Waals surface area contributed by atoms with Gasteiger partial charge in [-0.3, -0.25) is 19.3 Å². The van der Waals surface area contributed by atoms with Crippen molar-refractivity contribution in [2.75, 3.05) is 13.1 Å². The summed E-state index contributed by atoms with van der Waals surface area (Å²) in [6, 6.07) is 15.1. The Bertz CT molecular complexity index is 1190. The highest BCUT2D eigenvalue weighted by molar-refractivity contribution is 8.18. The Morgan fingerprint density at radius 3 is 2.72 bits per heavy atom. The molecule has 2 aromatic carbocycles. The van der Waals surface area contributed by atoms with E-state index < -0.39 is 0 Å². The maximum atomic E-state index is 12.5. The van der Waals surface area contributed by atoms with Crippen LogP contribution in [-0.2, 0) is 16.0 Å². The fourth-order valence-electron chi connectivity index (χ4n) is 3.58. The average Bonchev–Trinajstić information content (AvgIpc) is 3.31. The molecule has 1 aliphatic heterocycles. The number of imide groups is 1. The number of aromatic nitrogens is 1. The molecule has 0 unspecified atom stereocenters. The zero-order chi connectivity index (χ0) is 22.5. The highest BCUT2D eigenvalue weighted by atomic mass is 35.5. The van der Waals surface area contributed by atoms with Gasteiger partial charge in [0.05, 0.1) is 4.91 Å². The molecule has 2 N–H and O–H groups in total.